The van der Waals surface area contributed by atoms with E-state index in [1.807, 2.05) is 17.0 Å². The summed E-state index contributed by atoms with van der Waals surface area (Å²) in [4.78, 5) is 27.9. The maximum Gasteiger partial charge on any atom is 0.233 e. The van der Waals surface area contributed by atoms with Crippen LogP contribution in [0.4, 0.5) is 8.78 Å². The van der Waals surface area contributed by atoms with Crippen LogP contribution >= 0.6 is 0 Å². The SMILES string of the molecule is O=C1CC2(CCN(C(=O)C3(c4ccc(F)cc4)CCC3)CC2)[C@H](c2ccc(F)cc2)CN1. The lowest BCUT2D eigenvalue weighted by molar-refractivity contribution is -0.144. The quantitative estimate of drug-likeness (QED) is 0.777. The summed E-state index contributed by atoms with van der Waals surface area (Å²) in [5.41, 5.74) is 1.17. The first kappa shape index (κ1) is 21.1. The number of carbonyl (C=O) groups excluding carboxylic acids is 2. The molecule has 32 heavy (non-hydrogen) atoms. The Morgan fingerprint density at radius 3 is 2.06 bits per heavy atom. The molecule has 1 aliphatic carbocycles. The van der Waals surface area contributed by atoms with E-state index in [2.05, 4.69) is 5.32 Å². The van der Waals surface area contributed by atoms with E-state index < -0.39 is 5.41 Å². The average Bonchev–Trinajstić information content (AvgIpc) is 2.76. The van der Waals surface area contributed by atoms with Gasteiger partial charge in [-0.1, -0.05) is 30.7 Å². The van der Waals surface area contributed by atoms with Crippen LogP contribution in [0.15, 0.2) is 48.5 Å². The Morgan fingerprint density at radius 2 is 1.50 bits per heavy atom. The minimum atomic E-state index is -0.543. The number of piperidine rings is 2. The second-order valence-corrected chi connectivity index (χ2v) is 9.68. The number of likely N-dealkylation sites (tertiary alicyclic amines) is 1. The van der Waals surface area contributed by atoms with Gasteiger partial charge < -0.3 is 10.2 Å². The smallest absolute Gasteiger partial charge is 0.233 e. The maximum atomic E-state index is 13.6. The van der Waals surface area contributed by atoms with Crippen LogP contribution in [0.5, 0.6) is 0 Å². The summed E-state index contributed by atoms with van der Waals surface area (Å²) in [6.07, 6.45) is 4.49. The monoisotopic (exact) mass is 438 g/mol. The lowest BCUT2D eigenvalue weighted by Crippen LogP contribution is -2.57. The molecule has 3 aliphatic rings. The van der Waals surface area contributed by atoms with Crippen molar-refractivity contribution < 1.29 is 18.4 Å². The van der Waals surface area contributed by atoms with Crippen molar-refractivity contribution in [2.75, 3.05) is 19.6 Å². The second-order valence-electron chi connectivity index (χ2n) is 9.68. The molecule has 1 saturated carbocycles. The molecule has 1 spiro atoms. The first-order valence-corrected chi connectivity index (χ1v) is 11.5. The lowest BCUT2D eigenvalue weighted by Gasteiger charge is -2.51. The Labute approximate surface area is 187 Å². The highest BCUT2D eigenvalue weighted by molar-refractivity contribution is 5.89. The van der Waals surface area contributed by atoms with Crippen LogP contribution < -0.4 is 5.32 Å². The molecule has 1 N–H and O–H groups in total. The molecule has 2 aliphatic heterocycles. The number of nitrogens with one attached hydrogen (secondary N) is 1. The summed E-state index contributed by atoms with van der Waals surface area (Å²) in [6, 6.07) is 12.9. The third-order valence-electron chi connectivity index (χ3n) is 8.09. The number of amides is 2. The molecular formula is C26H28F2N2O2. The maximum absolute atomic E-state index is 13.6. The topological polar surface area (TPSA) is 49.4 Å². The number of halogens is 2. The van der Waals surface area contributed by atoms with E-state index in [1.165, 1.54) is 24.3 Å². The normalized spacial score (nSPS) is 24.0. The largest absolute Gasteiger partial charge is 0.355 e. The molecular weight excluding hydrogens is 410 g/mol. The van der Waals surface area contributed by atoms with Gasteiger partial charge >= 0.3 is 0 Å². The highest BCUT2D eigenvalue weighted by Crippen LogP contribution is 2.51. The highest BCUT2D eigenvalue weighted by atomic mass is 19.1. The highest BCUT2D eigenvalue weighted by Gasteiger charge is 2.51. The number of hydrogen-bond donors (Lipinski definition) is 1. The molecule has 168 valence electrons. The molecule has 4 nitrogen and oxygen atoms in total. The van der Waals surface area contributed by atoms with E-state index in [0.29, 0.717) is 26.1 Å². The molecule has 2 heterocycles. The van der Waals surface area contributed by atoms with Crippen LogP contribution in [0, 0.1) is 17.0 Å². The van der Waals surface area contributed by atoms with E-state index in [1.54, 1.807) is 12.1 Å². The summed E-state index contributed by atoms with van der Waals surface area (Å²) >= 11 is 0. The average molecular weight is 439 g/mol. The molecule has 2 saturated heterocycles. The van der Waals surface area contributed by atoms with Crippen molar-refractivity contribution in [1.29, 1.82) is 0 Å². The molecule has 0 radical (unpaired) electrons. The van der Waals surface area contributed by atoms with Crippen LogP contribution in [0.2, 0.25) is 0 Å². The number of hydrogen-bond acceptors (Lipinski definition) is 2. The Bertz CT molecular complexity index is 1010. The van der Waals surface area contributed by atoms with Crippen LogP contribution in [0.25, 0.3) is 0 Å². The van der Waals surface area contributed by atoms with E-state index in [-0.39, 0.29) is 34.8 Å². The third kappa shape index (κ3) is 3.50. The number of rotatable bonds is 3. The molecule has 2 aromatic rings. The van der Waals surface area contributed by atoms with Crippen molar-refractivity contribution >= 4 is 11.8 Å². The van der Waals surface area contributed by atoms with Gasteiger partial charge in [-0.3, -0.25) is 9.59 Å². The zero-order valence-electron chi connectivity index (χ0n) is 18.1. The molecule has 5 rings (SSSR count). The fourth-order valence-corrected chi connectivity index (χ4v) is 6.01. The Kier molecular flexibility index (Phi) is 5.26. The predicted octanol–water partition coefficient (Wildman–Crippen LogP) is 4.30. The van der Waals surface area contributed by atoms with Crippen LogP contribution in [-0.4, -0.2) is 36.3 Å². The summed E-state index contributed by atoms with van der Waals surface area (Å²) in [6.45, 7) is 1.75. The second kappa shape index (κ2) is 7.98. The van der Waals surface area contributed by atoms with Crippen molar-refractivity contribution in [2.45, 2.75) is 49.9 Å². The Hall–Kier alpha value is -2.76. The predicted molar refractivity (Wildman–Crippen MR) is 117 cm³/mol. The standard InChI is InChI=1S/C26H28F2N2O2/c27-20-6-2-18(3-7-20)22-17-29-23(31)16-25(22)12-14-30(15-13-25)24(32)26(10-1-11-26)19-4-8-21(28)9-5-19/h2-9,22H,1,10-17H2,(H,29,31)/t22-/m0/s1. The fraction of sp³-hybridized carbons (Fsp3) is 0.462. The zero-order chi connectivity index (χ0) is 22.3. The van der Waals surface area contributed by atoms with Crippen molar-refractivity contribution in [3.05, 3.63) is 71.3 Å². The summed E-state index contributed by atoms with van der Waals surface area (Å²) in [7, 11) is 0. The third-order valence-corrected chi connectivity index (χ3v) is 8.09. The van der Waals surface area contributed by atoms with E-state index in [9.17, 15) is 18.4 Å². The van der Waals surface area contributed by atoms with Crippen molar-refractivity contribution in [3.8, 4) is 0 Å². The van der Waals surface area contributed by atoms with E-state index >= 15 is 0 Å². The first-order valence-electron chi connectivity index (χ1n) is 11.5. The number of carbonyl (C=O) groups is 2. The van der Waals surface area contributed by atoms with Crippen LogP contribution in [0.3, 0.4) is 0 Å². The molecule has 0 unspecified atom stereocenters. The Morgan fingerprint density at radius 1 is 0.906 bits per heavy atom. The molecule has 6 heteroatoms. The summed E-state index contributed by atoms with van der Waals surface area (Å²) < 4.78 is 26.9. The van der Waals surface area contributed by atoms with Gasteiger partial charge in [0.1, 0.15) is 11.6 Å². The van der Waals surface area contributed by atoms with Crippen molar-refractivity contribution in [1.82, 2.24) is 10.2 Å². The first-order chi connectivity index (χ1) is 15.4. The van der Waals surface area contributed by atoms with E-state index in [4.69, 9.17) is 0 Å². The fourth-order valence-electron chi connectivity index (χ4n) is 6.01. The number of benzene rings is 2. The lowest BCUT2D eigenvalue weighted by atomic mass is 9.61. The summed E-state index contributed by atoms with van der Waals surface area (Å²) in [5.74, 6) is -0.283. The molecule has 1 atom stereocenters. The van der Waals surface area contributed by atoms with Gasteiger partial charge in [0.05, 0.1) is 5.41 Å². The molecule has 0 bridgehead atoms. The van der Waals surface area contributed by atoms with Gasteiger partial charge in [0, 0.05) is 32.0 Å². The molecule has 2 aromatic carbocycles. The minimum Gasteiger partial charge on any atom is -0.355 e. The van der Waals surface area contributed by atoms with Gasteiger partial charge in [0.25, 0.3) is 0 Å². The van der Waals surface area contributed by atoms with Gasteiger partial charge in [0.15, 0.2) is 0 Å². The van der Waals surface area contributed by atoms with Gasteiger partial charge in [-0.2, -0.15) is 0 Å². The zero-order valence-corrected chi connectivity index (χ0v) is 18.1. The van der Waals surface area contributed by atoms with Crippen molar-refractivity contribution in [2.24, 2.45) is 5.41 Å². The number of nitrogens with zero attached hydrogens (tertiary/aromatic N) is 1. The van der Waals surface area contributed by atoms with Gasteiger partial charge in [-0.15, -0.1) is 0 Å². The molecule has 2 amide bonds. The molecule has 0 aromatic heterocycles. The minimum absolute atomic E-state index is 0.0462. The van der Waals surface area contributed by atoms with Crippen LogP contribution in [0.1, 0.15) is 55.6 Å². The Balaban J connectivity index is 1.35. The van der Waals surface area contributed by atoms with E-state index in [0.717, 1.165) is 43.2 Å². The van der Waals surface area contributed by atoms with Crippen molar-refractivity contribution in [3.63, 3.8) is 0 Å². The van der Waals surface area contributed by atoms with Gasteiger partial charge in [0.2, 0.25) is 11.8 Å². The summed E-state index contributed by atoms with van der Waals surface area (Å²) in [5, 5.41) is 2.98. The molecule has 3 fully saturated rings. The van der Waals surface area contributed by atoms with Gasteiger partial charge in [-0.25, -0.2) is 8.78 Å². The van der Waals surface area contributed by atoms with Crippen LogP contribution in [-0.2, 0) is 15.0 Å². The van der Waals surface area contributed by atoms with Gasteiger partial charge in [-0.05, 0) is 66.5 Å².